The van der Waals surface area contributed by atoms with Crippen LogP contribution in [0.2, 0.25) is 5.02 Å². The molecule has 3 nitrogen and oxygen atoms in total. The zero-order valence-electron chi connectivity index (χ0n) is 12.1. The summed E-state index contributed by atoms with van der Waals surface area (Å²) in [4.78, 5) is 11.7. The van der Waals surface area contributed by atoms with Gasteiger partial charge < -0.3 is 10.1 Å². The Kier molecular flexibility index (Phi) is 5.23. The van der Waals surface area contributed by atoms with Gasteiger partial charge in [0.15, 0.2) is 0 Å². The van der Waals surface area contributed by atoms with Crippen LogP contribution in [0.5, 0.6) is 0 Å². The van der Waals surface area contributed by atoms with E-state index in [4.69, 9.17) is 16.3 Å². The van der Waals surface area contributed by atoms with E-state index < -0.39 is 0 Å². The first kappa shape index (κ1) is 15.4. The van der Waals surface area contributed by atoms with Crippen LogP contribution in [0.15, 0.2) is 48.5 Å². The number of hydrogen-bond acceptors (Lipinski definition) is 3. The fourth-order valence-corrected chi connectivity index (χ4v) is 2.07. The van der Waals surface area contributed by atoms with Crippen LogP contribution in [0.4, 0.5) is 5.69 Å². The molecule has 2 aromatic carbocycles. The molecule has 0 aromatic heterocycles. The fraction of sp³-hybridized carbons (Fsp3) is 0.235. The standard InChI is InChI=1S/C17H18ClNO2/c1-12(2)21-17(20)14-6-8-16(9-7-14)19-11-13-4-3-5-15(18)10-13/h3-10,12,19H,11H2,1-2H3. The zero-order chi connectivity index (χ0) is 15.2. The molecule has 0 saturated carbocycles. The summed E-state index contributed by atoms with van der Waals surface area (Å²) in [5.74, 6) is -0.300. The largest absolute Gasteiger partial charge is 0.459 e. The summed E-state index contributed by atoms with van der Waals surface area (Å²) >= 11 is 5.94. The normalized spacial score (nSPS) is 10.5. The minimum Gasteiger partial charge on any atom is -0.459 e. The number of rotatable bonds is 5. The summed E-state index contributed by atoms with van der Waals surface area (Å²) in [6.45, 7) is 4.34. The first-order valence-corrected chi connectivity index (χ1v) is 7.22. The maximum absolute atomic E-state index is 11.7. The lowest BCUT2D eigenvalue weighted by Crippen LogP contribution is -2.11. The first-order valence-electron chi connectivity index (χ1n) is 6.84. The highest BCUT2D eigenvalue weighted by Crippen LogP contribution is 2.15. The summed E-state index contributed by atoms with van der Waals surface area (Å²) in [6, 6.07) is 14.9. The second-order valence-corrected chi connectivity index (χ2v) is 5.45. The molecule has 0 radical (unpaired) electrons. The van der Waals surface area contributed by atoms with E-state index in [1.54, 1.807) is 12.1 Å². The summed E-state index contributed by atoms with van der Waals surface area (Å²) < 4.78 is 5.14. The van der Waals surface area contributed by atoms with Crippen LogP contribution in [-0.2, 0) is 11.3 Å². The molecule has 0 spiro atoms. The molecule has 0 aliphatic rings. The minimum atomic E-state index is -0.300. The van der Waals surface area contributed by atoms with Gasteiger partial charge in [0, 0.05) is 17.3 Å². The monoisotopic (exact) mass is 303 g/mol. The summed E-state index contributed by atoms with van der Waals surface area (Å²) in [6.07, 6.45) is -0.113. The van der Waals surface area contributed by atoms with Crippen molar-refractivity contribution in [1.82, 2.24) is 0 Å². The molecule has 1 N–H and O–H groups in total. The van der Waals surface area contributed by atoms with Crippen molar-refractivity contribution in [2.45, 2.75) is 26.5 Å². The van der Waals surface area contributed by atoms with Crippen LogP contribution in [0, 0.1) is 0 Å². The van der Waals surface area contributed by atoms with E-state index >= 15 is 0 Å². The lowest BCUT2D eigenvalue weighted by atomic mass is 10.2. The third kappa shape index (κ3) is 4.80. The van der Waals surface area contributed by atoms with Gasteiger partial charge in [-0.2, -0.15) is 0 Å². The van der Waals surface area contributed by atoms with Crippen molar-refractivity contribution in [2.24, 2.45) is 0 Å². The van der Waals surface area contributed by atoms with E-state index in [1.165, 1.54) is 0 Å². The van der Waals surface area contributed by atoms with Crippen molar-refractivity contribution < 1.29 is 9.53 Å². The van der Waals surface area contributed by atoms with Gasteiger partial charge in [0.2, 0.25) is 0 Å². The van der Waals surface area contributed by atoms with Gasteiger partial charge in [0.1, 0.15) is 0 Å². The topological polar surface area (TPSA) is 38.3 Å². The van der Waals surface area contributed by atoms with E-state index in [-0.39, 0.29) is 12.1 Å². The zero-order valence-corrected chi connectivity index (χ0v) is 12.9. The Bertz CT molecular complexity index is 608. The number of anilines is 1. The van der Waals surface area contributed by atoms with Gasteiger partial charge in [-0.3, -0.25) is 0 Å². The van der Waals surface area contributed by atoms with Gasteiger partial charge in [-0.15, -0.1) is 0 Å². The average molecular weight is 304 g/mol. The smallest absolute Gasteiger partial charge is 0.338 e. The van der Waals surface area contributed by atoms with E-state index in [0.29, 0.717) is 12.1 Å². The van der Waals surface area contributed by atoms with Crippen LogP contribution in [0.25, 0.3) is 0 Å². The fourth-order valence-electron chi connectivity index (χ4n) is 1.86. The minimum absolute atomic E-state index is 0.113. The number of hydrogen-bond donors (Lipinski definition) is 1. The SMILES string of the molecule is CC(C)OC(=O)c1ccc(NCc2cccc(Cl)c2)cc1. The predicted octanol–water partition coefficient (Wildman–Crippen LogP) is 4.52. The average Bonchev–Trinajstić information content (AvgIpc) is 2.45. The third-order valence-electron chi connectivity index (χ3n) is 2.85. The van der Waals surface area contributed by atoms with Crippen molar-refractivity contribution in [3.05, 3.63) is 64.7 Å². The molecular formula is C17H18ClNO2. The van der Waals surface area contributed by atoms with Crippen LogP contribution < -0.4 is 5.32 Å². The molecule has 0 amide bonds. The number of halogens is 1. The predicted molar refractivity (Wildman–Crippen MR) is 85.8 cm³/mol. The van der Waals surface area contributed by atoms with Crippen molar-refractivity contribution in [2.75, 3.05) is 5.32 Å². The van der Waals surface area contributed by atoms with E-state index in [1.807, 2.05) is 50.2 Å². The number of benzene rings is 2. The molecule has 2 aromatic rings. The number of carbonyl (C=O) groups excluding carboxylic acids is 1. The van der Waals surface area contributed by atoms with Crippen molar-refractivity contribution in [3.8, 4) is 0 Å². The quantitative estimate of drug-likeness (QED) is 0.825. The van der Waals surface area contributed by atoms with Crippen molar-refractivity contribution in [1.29, 1.82) is 0 Å². The molecule has 0 aliphatic carbocycles. The Morgan fingerprint density at radius 3 is 2.52 bits per heavy atom. The summed E-state index contributed by atoms with van der Waals surface area (Å²) in [5, 5.41) is 4.01. The lowest BCUT2D eigenvalue weighted by molar-refractivity contribution is 0.0378. The Morgan fingerprint density at radius 2 is 1.90 bits per heavy atom. The number of nitrogens with one attached hydrogen (secondary N) is 1. The highest BCUT2D eigenvalue weighted by Gasteiger charge is 2.08. The van der Waals surface area contributed by atoms with Gasteiger partial charge in [0.05, 0.1) is 11.7 Å². The second kappa shape index (κ2) is 7.14. The Morgan fingerprint density at radius 1 is 1.19 bits per heavy atom. The molecule has 0 aliphatic heterocycles. The number of carbonyl (C=O) groups is 1. The molecule has 0 atom stereocenters. The Hall–Kier alpha value is -2.00. The summed E-state index contributed by atoms with van der Waals surface area (Å²) in [5.41, 5.74) is 2.60. The lowest BCUT2D eigenvalue weighted by Gasteiger charge is -2.09. The van der Waals surface area contributed by atoms with Gasteiger partial charge in [-0.1, -0.05) is 23.7 Å². The highest BCUT2D eigenvalue weighted by molar-refractivity contribution is 6.30. The molecule has 4 heteroatoms. The third-order valence-corrected chi connectivity index (χ3v) is 3.08. The first-order chi connectivity index (χ1) is 10.0. The van der Waals surface area contributed by atoms with Crippen LogP contribution in [-0.4, -0.2) is 12.1 Å². The van der Waals surface area contributed by atoms with Gasteiger partial charge in [0.25, 0.3) is 0 Å². The van der Waals surface area contributed by atoms with Crippen LogP contribution in [0.1, 0.15) is 29.8 Å². The van der Waals surface area contributed by atoms with E-state index in [2.05, 4.69) is 5.32 Å². The number of ether oxygens (including phenoxy) is 1. The molecule has 0 unspecified atom stereocenters. The molecule has 0 fully saturated rings. The van der Waals surface area contributed by atoms with Crippen LogP contribution >= 0.6 is 11.6 Å². The van der Waals surface area contributed by atoms with Gasteiger partial charge >= 0.3 is 5.97 Å². The van der Waals surface area contributed by atoms with Crippen LogP contribution in [0.3, 0.4) is 0 Å². The van der Waals surface area contributed by atoms with Crippen molar-refractivity contribution in [3.63, 3.8) is 0 Å². The molecule has 0 saturated heterocycles. The van der Waals surface area contributed by atoms with E-state index in [9.17, 15) is 4.79 Å². The molecule has 21 heavy (non-hydrogen) atoms. The second-order valence-electron chi connectivity index (χ2n) is 5.01. The van der Waals surface area contributed by atoms with Gasteiger partial charge in [-0.25, -0.2) is 4.79 Å². The summed E-state index contributed by atoms with van der Waals surface area (Å²) in [7, 11) is 0. The Labute approximate surface area is 129 Å². The molecule has 2 rings (SSSR count). The molecule has 110 valence electrons. The van der Waals surface area contributed by atoms with Gasteiger partial charge in [-0.05, 0) is 55.8 Å². The number of esters is 1. The Balaban J connectivity index is 1.95. The highest BCUT2D eigenvalue weighted by atomic mass is 35.5. The molecular weight excluding hydrogens is 286 g/mol. The molecule has 0 bridgehead atoms. The maximum Gasteiger partial charge on any atom is 0.338 e. The van der Waals surface area contributed by atoms with E-state index in [0.717, 1.165) is 16.3 Å². The van der Waals surface area contributed by atoms with Crippen molar-refractivity contribution >= 4 is 23.3 Å². The maximum atomic E-state index is 11.7. The molecule has 0 heterocycles.